The zero-order chi connectivity index (χ0) is 19.3. The molecule has 1 rings (SSSR count). The highest BCUT2D eigenvalue weighted by atomic mass is 32.1. The van der Waals surface area contributed by atoms with E-state index in [-0.39, 0.29) is 13.2 Å². The van der Waals surface area contributed by atoms with E-state index >= 15 is 0 Å². The maximum absolute atomic E-state index is 9.22. The second-order valence-corrected chi connectivity index (χ2v) is 7.54. The van der Waals surface area contributed by atoms with Crippen LogP contribution in [-0.4, -0.2) is 29.0 Å². The molecular weight excluding hydrogens is 342 g/mol. The monoisotopic (exact) mass is 377 g/mol. The normalized spacial score (nSPS) is 12.9. The van der Waals surface area contributed by atoms with Crippen LogP contribution in [0.3, 0.4) is 0 Å². The Bertz CT molecular complexity index is 548. The van der Waals surface area contributed by atoms with Crippen molar-refractivity contribution in [3.05, 3.63) is 53.6 Å². The number of benzene rings is 1. The molecule has 0 aliphatic rings. The molecule has 0 unspecified atom stereocenters. The van der Waals surface area contributed by atoms with Crippen molar-refractivity contribution < 1.29 is 10.2 Å². The van der Waals surface area contributed by atoms with E-state index < -0.39 is 5.54 Å². The van der Waals surface area contributed by atoms with Crippen LogP contribution in [0.4, 0.5) is 0 Å². The predicted octanol–water partition coefficient (Wildman–Crippen LogP) is 4.49. The first-order chi connectivity index (χ1) is 12.5. The molecule has 0 aliphatic heterocycles. The van der Waals surface area contributed by atoms with Crippen LogP contribution in [0.1, 0.15) is 63.0 Å². The first-order valence-corrected chi connectivity index (χ1v) is 10.1. The lowest BCUT2D eigenvalue weighted by atomic mass is 9.94. The number of hydrogen-bond donors (Lipinski definition) is 4. The Morgan fingerprint density at radius 2 is 1.77 bits per heavy atom. The van der Waals surface area contributed by atoms with Gasteiger partial charge in [-0.25, -0.2) is 0 Å². The second kappa shape index (κ2) is 13.2. The fraction of sp³-hybridized carbons (Fsp3) is 0.545. The lowest BCUT2D eigenvalue weighted by Crippen LogP contribution is -2.47. The van der Waals surface area contributed by atoms with Gasteiger partial charge in [-0.05, 0) is 49.3 Å². The number of rotatable bonds is 13. The van der Waals surface area contributed by atoms with Crippen LogP contribution in [0.5, 0.6) is 0 Å². The van der Waals surface area contributed by atoms with E-state index in [0.717, 1.165) is 29.7 Å². The van der Waals surface area contributed by atoms with Crippen molar-refractivity contribution in [1.82, 2.24) is 0 Å². The van der Waals surface area contributed by atoms with E-state index in [4.69, 9.17) is 5.73 Å². The number of aryl methyl sites for hydroxylation is 1. The van der Waals surface area contributed by atoms with Crippen LogP contribution in [-0.2, 0) is 6.42 Å². The van der Waals surface area contributed by atoms with Crippen molar-refractivity contribution in [3.63, 3.8) is 0 Å². The summed E-state index contributed by atoms with van der Waals surface area (Å²) >= 11 is 4.58. The lowest BCUT2D eigenvalue weighted by molar-refractivity contribution is 0.113. The number of unbranched alkanes of at least 4 members (excludes halogenated alkanes) is 4. The second-order valence-electron chi connectivity index (χ2n) is 7.06. The lowest BCUT2D eigenvalue weighted by Gasteiger charge is -2.24. The van der Waals surface area contributed by atoms with Crippen LogP contribution >= 0.6 is 12.6 Å². The van der Waals surface area contributed by atoms with Gasteiger partial charge in [0, 0.05) is 4.91 Å². The van der Waals surface area contributed by atoms with Crippen molar-refractivity contribution in [3.8, 4) is 0 Å². The minimum atomic E-state index is -0.871. The van der Waals surface area contributed by atoms with E-state index in [9.17, 15) is 10.2 Å². The van der Waals surface area contributed by atoms with Gasteiger partial charge in [0.1, 0.15) is 0 Å². The molecule has 0 atom stereocenters. The third-order valence-corrected chi connectivity index (χ3v) is 5.04. The van der Waals surface area contributed by atoms with Gasteiger partial charge in [-0.1, -0.05) is 62.6 Å². The Labute approximate surface area is 164 Å². The van der Waals surface area contributed by atoms with E-state index in [2.05, 4.69) is 56.0 Å². The van der Waals surface area contributed by atoms with Crippen molar-refractivity contribution in [2.45, 2.75) is 63.8 Å². The summed E-state index contributed by atoms with van der Waals surface area (Å²) in [5.74, 6) is 0. The fourth-order valence-electron chi connectivity index (χ4n) is 2.74. The van der Waals surface area contributed by atoms with Gasteiger partial charge in [-0.15, -0.1) is 12.6 Å². The Balaban J connectivity index is 2.43. The molecule has 26 heavy (non-hydrogen) atoms. The third-order valence-electron chi connectivity index (χ3n) is 4.63. The molecule has 0 saturated heterocycles. The highest BCUT2D eigenvalue weighted by Gasteiger charge is 2.22. The fourth-order valence-corrected chi connectivity index (χ4v) is 2.97. The van der Waals surface area contributed by atoms with Crippen molar-refractivity contribution >= 4 is 17.5 Å². The first-order valence-electron chi connectivity index (χ1n) is 9.70. The van der Waals surface area contributed by atoms with E-state index in [1.165, 1.54) is 31.2 Å². The van der Waals surface area contributed by atoms with Crippen LogP contribution in [0, 0.1) is 0 Å². The summed E-state index contributed by atoms with van der Waals surface area (Å²) in [4.78, 5) is 0.961. The third kappa shape index (κ3) is 9.04. The molecular formula is C22H35NO2S. The maximum Gasteiger partial charge on any atom is 0.0633 e. The average molecular weight is 378 g/mol. The van der Waals surface area contributed by atoms with Gasteiger partial charge in [0.15, 0.2) is 0 Å². The Kier molecular flexibility index (Phi) is 11.6. The van der Waals surface area contributed by atoms with Gasteiger partial charge in [0.25, 0.3) is 0 Å². The molecule has 0 bridgehead atoms. The largest absolute Gasteiger partial charge is 0.394 e. The summed E-state index contributed by atoms with van der Waals surface area (Å²) < 4.78 is 0. The molecule has 0 heterocycles. The summed E-state index contributed by atoms with van der Waals surface area (Å²) in [6.45, 7) is 1.84. The smallest absolute Gasteiger partial charge is 0.0633 e. The SMILES string of the molecule is CCCCCC/C=C/C=C(\S)c1ccc(CCCC(N)(CO)CO)cc1. The van der Waals surface area contributed by atoms with Crippen LogP contribution in [0.2, 0.25) is 0 Å². The summed E-state index contributed by atoms with van der Waals surface area (Å²) in [6, 6.07) is 8.36. The van der Waals surface area contributed by atoms with Gasteiger partial charge >= 0.3 is 0 Å². The standard InChI is InChI=1S/C22H35NO2S/c1-2-3-4-5-6-7-8-11-21(26)20-14-12-19(13-15-20)10-9-16-22(23,17-24)18-25/h7-8,11-15,24-26H,2-6,9-10,16-18,23H2,1H3/b8-7+,21-11-. The Hall–Kier alpha value is -1.07. The topological polar surface area (TPSA) is 66.5 Å². The molecule has 3 nitrogen and oxygen atoms in total. The Morgan fingerprint density at radius 1 is 1.08 bits per heavy atom. The minimum absolute atomic E-state index is 0.192. The molecule has 0 spiro atoms. The summed E-state index contributed by atoms with van der Waals surface area (Å²) in [6.07, 6.45) is 14.9. The zero-order valence-electron chi connectivity index (χ0n) is 16.0. The first kappa shape index (κ1) is 23.0. The number of aliphatic hydroxyl groups excluding tert-OH is 2. The van der Waals surface area contributed by atoms with Gasteiger partial charge < -0.3 is 15.9 Å². The van der Waals surface area contributed by atoms with Crippen LogP contribution < -0.4 is 5.73 Å². The van der Waals surface area contributed by atoms with Crippen molar-refractivity contribution in [2.24, 2.45) is 5.73 Å². The Morgan fingerprint density at radius 3 is 2.38 bits per heavy atom. The molecule has 0 aromatic heterocycles. The van der Waals surface area contributed by atoms with Crippen molar-refractivity contribution in [1.29, 1.82) is 0 Å². The molecule has 0 aliphatic carbocycles. The van der Waals surface area contributed by atoms with E-state index in [1.54, 1.807) is 0 Å². The zero-order valence-corrected chi connectivity index (χ0v) is 16.9. The number of thiol groups is 1. The molecule has 0 amide bonds. The summed E-state index contributed by atoms with van der Waals surface area (Å²) in [5.41, 5.74) is 7.35. The van der Waals surface area contributed by atoms with E-state index in [1.807, 2.05) is 6.08 Å². The molecule has 4 heteroatoms. The summed E-state index contributed by atoms with van der Waals surface area (Å²) in [5, 5.41) is 18.4. The van der Waals surface area contributed by atoms with E-state index in [0.29, 0.717) is 6.42 Å². The number of aliphatic hydroxyl groups is 2. The van der Waals surface area contributed by atoms with Gasteiger partial charge in [-0.2, -0.15) is 0 Å². The van der Waals surface area contributed by atoms with Crippen LogP contribution in [0.15, 0.2) is 42.5 Å². The van der Waals surface area contributed by atoms with Gasteiger partial charge in [0.2, 0.25) is 0 Å². The van der Waals surface area contributed by atoms with Gasteiger partial charge in [0.05, 0.1) is 18.8 Å². The minimum Gasteiger partial charge on any atom is -0.394 e. The van der Waals surface area contributed by atoms with Gasteiger partial charge in [-0.3, -0.25) is 0 Å². The molecule has 1 aromatic rings. The highest BCUT2D eigenvalue weighted by Crippen LogP contribution is 2.20. The number of hydrogen-bond acceptors (Lipinski definition) is 4. The predicted molar refractivity (Wildman–Crippen MR) is 115 cm³/mol. The highest BCUT2D eigenvalue weighted by molar-refractivity contribution is 7.90. The molecule has 0 saturated carbocycles. The quantitative estimate of drug-likeness (QED) is 0.233. The number of nitrogens with two attached hydrogens (primary N) is 1. The molecule has 1 aromatic carbocycles. The van der Waals surface area contributed by atoms with Crippen LogP contribution in [0.25, 0.3) is 4.91 Å². The molecule has 146 valence electrons. The van der Waals surface area contributed by atoms with Crippen molar-refractivity contribution in [2.75, 3.05) is 13.2 Å². The molecule has 0 radical (unpaired) electrons. The molecule has 0 fully saturated rings. The summed E-state index contributed by atoms with van der Waals surface area (Å²) in [7, 11) is 0. The number of allylic oxidation sites excluding steroid dienone is 3. The maximum atomic E-state index is 9.22. The average Bonchev–Trinajstić information content (AvgIpc) is 2.67. The molecule has 4 N–H and O–H groups in total.